The molecule has 4 rings (SSSR count). The van der Waals surface area contributed by atoms with Gasteiger partial charge < -0.3 is 19.8 Å². The summed E-state index contributed by atoms with van der Waals surface area (Å²) in [6, 6.07) is 7.19. The summed E-state index contributed by atoms with van der Waals surface area (Å²) in [5.74, 6) is -0.0658. The summed E-state index contributed by atoms with van der Waals surface area (Å²) in [7, 11) is 3.08. The molecule has 0 aliphatic rings. The fourth-order valence-corrected chi connectivity index (χ4v) is 2.85. The zero-order valence-corrected chi connectivity index (χ0v) is 13.9. The quantitative estimate of drug-likeness (QED) is 0.575. The van der Waals surface area contributed by atoms with Crippen LogP contribution in [0.3, 0.4) is 0 Å². The number of rotatable bonds is 4. The van der Waals surface area contributed by atoms with E-state index in [4.69, 9.17) is 9.47 Å². The van der Waals surface area contributed by atoms with Gasteiger partial charge in [-0.05, 0) is 18.2 Å². The van der Waals surface area contributed by atoms with Crippen molar-refractivity contribution in [3.05, 3.63) is 48.3 Å². The van der Waals surface area contributed by atoms with Crippen LogP contribution in [0.2, 0.25) is 0 Å². The van der Waals surface area contributed by atoms with Crippen LogP contribution in [-0.2, 0) is 0 Å². The number of methoxy groups -OCH3 is 2. The number of H-pyrrole nitrogens is 1. The molecule has 0 radical (unpaired) electrons. The van der Waals surface area contributed by atoms with Crippen molar-refractivity contribution in [2.75, 3.05) is 19.5 Å². The lowest BCUT2D eigenvalue weighted by atomic mass is 10.2. The molecule has 0 unspecified atom stereocenters. The van der Waals surface area contributed by atoms with Gasteiger partial charge in [0.25, 0.3) is 0 Å². The maximum absolute atomic E-state index is 13.9. The van der Waals surface area contributed by atoms with Crippen LogP contribution in [0.1, 0.15) is 0 Å². The average molecular weight is 356 g/mol. The van der Waals surface area contributed by atoms with E-state index in [1.165, 1.54) is 24.5 Å². The first kappa shape index (κ1) is 16.1. The second-order valence-electron chi connectivity index (χ2n) is 5.55. The molecule has 4 aromatic rings. The second kappa shape index (κ2) is 6.14. The summed E-state index contributed by atoms with van der Waals surface area (Å²) < 4.78 is 38.5. The summed E-state index contributed by atoms with van der Waals surface area (Å²) in [6.07, 6.45) is 1.33. The first-order valence-corrected chi connectivity index (χ1v) is 7.72. The Kier molecular flexibility index (Phi) is 3.80. The number of aromatic amines is 1. The Hall–Kier alpha value is -3.42. The Morgan fingerprint density at radius 1 is 1.00 bits per heavy atom. The standard InChI is InChI=1S/C18H14F2N4O2/c1-25-13-6-9-12(7-14(13)26-2)23-17-15(9)21-8-22-18(17)24-16-10(19)4-3-5-11(16)20/h3-8,23H,1-2H3,(H,21,22,24). The van der Waals surface area contributed by atoms with Crippen LogP contribution in [0.15, 0.2) is 36.7 Å². The largest absolute Gasteiger partial charge is 0.493 e. The van der Waals surface area contributed by atoms with Crippen LogP contribution in [0.5, 0.6) is 11.5 Å². The molecule has 132 valence electrons. The average Bonchev–Trinajstić information content (AvgIpc) is 3.02. The zero-order valence-electron chi connectivity index (χ0n) is 13.9. The van der Waals surface area contributed by atoms with Crippen molar-refractivity contribution < 1.29 is 18.3 Å². The Morgan fingerprint density at radius 2 is 1.69 bits per heavy atom. The van der Waals surface area contributed by atoms with E-state index in [-0.39, 0.29) is 11.5 Å². The van der Waals surface area contributed by atoms with Gasteiger partial charge in [-0.3, -0.25) is 0 Å². The fraction of sp³-hybridized carbons (Fsp3) is 0.111. The van der Waals surface area contributed by atoms with E-state index in [9.17, 15) is 8.78 Å². The van der Waals surface area contributed by atoms with Gasteiger partial charge in [0.15, 0.2) is 17.3 Å². The fourth-order valence-electron chi connectivity index (χ4n) is 2.85. The topological polar surface area (TPSA) is 72.1 Å². The predicted octanol–water partition coefficient (Wildman–Crippen LogP) is 4.15. The molecule has 2 aromatic carbocycles. The number of aromatic nitrogens is 3. The minimum Gasteiger partial charge on any atom is -0.493 e. The lowest BCUT2D eigenvalue weighted by Gasteiger charge is -2.08. The highest BCUT2D eigenvalue weighted by molar-refractivity contribution is 6.09. The van der Waals surface area contributed by atoms with Crippen LogP contribution >= 0.6 is 0 Å². The van der Waals surface area contributed by atoms with Crippen LogP contribution in [-0.4, -0.2) is 29.2 Å². The lowest BCUT2D eigenvalue weighted by molar-refractivity contribution is 0.356. The highest BCUT2D eigenvalue weighted by Gasteiger charge is 2.16. The number of para-hydroxylation sites is 1. The van der Waals surface area contributed by atoms with Gasteiger partial charge in [-0.1, -0.05) is 6.07 Å². The van der Waals surface area contributed by atoms with Crippen molar-refractivity contribution >= 4 is 33.4 Å². The molecule has 0 fully saturated rings. The van der Waals surface area contributed by atoms with Crippen molar-refractivity contribution in [2.45, 2.75) is 0 Å². The molecule has 6 nitrogen and oxygen atoms in total. The maximum atomic E-state index is 13.9. The number of halogens is 2. The van der Waals surface area contributed by atoms with Gasteiger partial charge in [0.05, 0.1) is 19.7 Å². The molecule has 2 heterocycles. The molecule has 2 aromatic heterocycles. The first-order chi connectivity index (χ1) is 12.6. The molecule has 0 aliphatic heterocycles. The normalized spacial score (nSPS) is 11.1. The second-order valence-corrected chi connectivity index (χ2v) is 5.55. The molecule has 0 saturated heterocycles. The summed E-state index contributed by atoms with van der Waals surface area (Å²) in [4.78, 5) is 11.6. The SMILES string of the molecule is COc1cc2[nH]c3c(Nc4c(F)cccc4F)ncnc3c2cc1OC. The van der Waals surface area contributed by atoms with Crippen molar-refractivity contribution in [1.29, 1.82) is 0 Å². The summed E-state index contributed by atoms with van der Waals surface area (Å²) in [5, 5.41) is 3.48. The number of nitrogens with zero attached hydrogens (tertiary/aromatic N) is 2. The van der Waals surface area contributed by atoms with E-state index in [2.05, 4.69) is 20.3 Å². The summed E-state index contributed by atoms with van der Waals surface area (Å²) in [5.41, 5.74) is 1.56. The van der Waals surface area contributed by atoms with Gasteiger partial charge in [-0.25, -0.2) is 18.7 Å². The Labute approximate surface area is 146 Å². The van der Waals surface area contributed by atoms with Crippen LogP contribution in [0.4, 0.5) is 20.3 Å². The minimum atomic E-state index is -0.712. The highest BCUT2D eigenvalue weighted by atomic mass is 19.1. The number of ether oxygens (including phenoxy) is 2. The molecular formula is C18H14F2N4O2. The van der Waals surface area contributed by atoms with Crippen molar-refractivity contribution in [3.8, 4) is 11.5 Å². The molecule has 0 saturated carbocycles. The minimum absolute atomic E-state index is 0.258. The third-order valence-corrected chi connectivity index (χ3v) is 4.09. The van der Waals surface area contributed by atoms with Gasteiger partial charge in [-0.2, -0.15) is 0 Å². The highest BCUT2D eigenvalue weighted by Crippen LogP contribution is 2.37. The molecule has 8 heteroatoms. The maximum Gasteiger partial charge on any atom is 0.162 e. The smallest absolute Gasteiger partial charge is 0.162 e. The first-order valence-electron chi connectivity index (χ1n) is 7.72. The Balaban J connectivity index is 1.92. The van der Waals surface area contributed by atoms with E-state index < -0.39 is 11.6 Å². The van der Waals surface area contributed by atoms with E-state index >= 15 is 0 Å². The molecule has 2 N–H and O–H groups in total. The molecule has 26 heavy (non-hydrogen) atoms. The third kappa shape index (κ3) is 2.46. The molecular weight excluding hydrogens is 342 g/mol. The molecule has 0 amide bonds. The number of fused-ring (bicyclic) bond motifs is 3. The van der Waals surface area contributed by atoms with Crippen molar-refractivity contribution in [2.24, 2.45) is 0 Å². The van der Waals surface area contributed by atoms with Gasteiger partial charge in [0.1, 0.15) is 34.7 Å². The Bertz CT molecular complexity index is 1110. The molecule has 0 bridgehead atoms. The molecule has 0 aliphatic carbocycles. The zero-order chi connectivity index (χ0) is 18.3. The molecule has 0 atom stereocenters. The van der Waals surface area contributed by atoms with Crippen molar-refractivity contribution in [1.82, 2.24) is 15.0 Å². The van der Waals surface area contributed by atoms with Crippen molar-refractivity contribution in [3.63, 3.8) is 0 Å². The van der Waals surface area contributed by atoms with Crippen LogP contribution in [0, 0.1) is 11.6 Å². The Morgan fingerprint density at radius 3 is 2.38 bits per heavy atom. The van der Waals surface area contributed by atoms with E-state index in [0.29, 0.717) is 22.5 Å². The number of nitrogens with one attached hydrogen (secondary N) is 2. The number of anilines is 2. The monoisotopic (exact) mass is 356 g/mol. The van der Waals surface area contributed by atoms with E-state index in [1.54, 1.807) is 26.4 Å². The predicted molar refractivity (Wildman–Crippen MR) is 94.1 cm³/mol. The van der Waals surface area contributed by atoms with Crippen LogP contribution < -0.4 is 14.8 Å². The van der Waals surface area contributed by atoms with E-state index in [0.717, 1.165) is 10.9 Å². The summed E-state index contributed by atoms with van der Waals surface area (Å²) in [6.45, 7) is 0. The third-order valence-electron chi connectivity index (χ3n) is 4.09. The van der Waals surface area contributed by atoms with Gasteiger partial charge in [0, 0.05) is 11.5 Å². The van der Waals surface area contributed by atoms with E-state index in [1.807, 2.05) is 0 Å². The van der Waals surface area contributed by atoms with Gasteiger partial charge in [0.2, 0.25) is 0 Å². The number of hydrogen-bond acceptors (Lipinski definition) is 5. The molecule has 0 spiro atoms. The summed E-state index contributed by atoms with van der Waals surface area (Å²) >= 11 is 0. The van der Waals surface area contributed by atoms with Gasteiger partial charge in [-0.15, -0.1) is 0 Å². The van der Waals surface area contributed by atoms with Crippen LogP contribution in [0.25, 0.3) is 21.9 Å². The van der Waals surface area contributed by atoms with Gasteiger partial charge >= 0.3 is 0 Å². The number of hydrogen-bond donors (Lipinski definition) is 2. The number of benzene rings is 2. The lowest BCUT2D eigenvalue weighted by Crippen LogP contribution is -2.00.